The molecule has 7 heteroatoms. The van der Waals surface area contributed by atoms with E-state index in [4.69, 9.17) is 5.73 Å². The monoisotopic (exact) mass is 405 g/mol. The molecule has 0 radical (unpaired) electrons. The Kier molecular flexibility index (Phi) is 5.42. The second kappa shape index (κ2) is 8.14. The summed E-state index contributed by atoms with van der Waals surface area (Å²) in [5, 5.41) is 6.85. The molecular weight excluding hydrogens is 382 g/mol. The maximum Gasteiger partial charge on any atom is 0.284 e. The second-order valence-corrected chi connectivity index (χ2v) is 8.06. The first-order valence-corrected chi connectivity index (χ1v) is 10.3. The van der Waals surface area contributed by atoms with Gasteiger partial charge >= 0.3 is 0 Å². The molecule has 2 aromatic carbocycles. The van der Waals surface area contributed by atoms with E-state index in [-0.39, 0.29) is 5.91 Å². The van der Waals surface area contributed by atoms with Crippen LogP contribution in [0.25, 0.3) is 11.1 Å². The fourth-order valence-corrected chi connectivity index (χ4v) is 4.45. The van der Waals surface area contributed by atoms with Gasteiger partial charge in [-0.25, -0.2) is 4.98 Å². The summed E-state index contributed by atoms with van der Waals surface area (Å²) in [6.45, 7) is 3.69. The van der Waals surface area contributed by atoms with Crippen molar-refractivity contribution in [3.63, 3.8) is 0 Å². The van der Waals surface area contributed by atoms with Crippen molar-refractivity contribution in [3.05, 3.63) is 63.1 Å². The average molecular weight is 406 g/mol. The standard InChI is InChI=1S/C22H23N5OS/c1-13-16(14-6-7-15(11-24-2)17(23)10-14)4-3-5-18(13)26-21(28)22-27-19-8-9-25-12-20(19)29-22/h3-7,10-11,25H,8-9,12,23H2,1-2H3,(H,26,28). The van der Waals surface area contributed by atoms with Crippen LogP contribution in [0.3, 0.4) is 0 Å². The fourth-order valence-electron chi connectivity index (χ4n) is 3.48. The number of nitrogens with two attached hydrogens (primary N) is 1. The minimum Gasteiger partial charge on any atom is -0.398 e. The fraction of sp³-hybridized carbons (Fsp3) is 0.227. The lowest BCUT2D eigenvalue weighted by molar-refractivity contribution is 0.102. The van der Waals surface area contributed by atoms with E-state index < -0.39 is 0 Å². The van der Waals surface area contributed by atoms with Crippen molar-refractivity contribution >= 4 is 34.8 Å². The predicted molar refractivity (Wildman–Crippen MR) is 120 cm³/mol. The predicted octanol–water partition coefficient (Wildman–Crippen LogP) is 3.65. The minimum absolute atomic E-state index is 0.168. The third-order valence-corrected chi connectivity index (χ3v) is 6.14. The molecule has 1 aliphatic heterocycles. The van der Waals surface area contributed by atoms with Crippen molar-refractivity contribution in [2.45, 2.75) is 19.9 Å². The Morgan fingerprint density at radius 1 is 1.34 bits per heavy atom. The Labute approximate surface area is 173 Å². The second-order valence-electron chi connectivity index (χ2n) is 6.98. The number of aliphatic imine (C=N–C) groups is 1. The van der Waals surface area contributed by atoms with Crippen molar-refractivity contribution < 1.29 is 4.79 Å². The first-order chi connectivity index (χ1) is 14.1. The zero-order chi connectivity index (χ0) is 20.4. The molecule has 29 heavy (non-hydrogen) atoms. The van der Waals surface area contributed by atoms with E-state index >= 15 is 0 Å². The van der Waals surface area contributed by atoms with Crippen LogP contribution in [0.4, 0.5) is 11.4 Å². The van der Waals surface area contributed by atoms with Crippen LogP contribution in [0, 0.1) is 6.92 Å². The molecular formula is C22H23N5OS. The molecule has 0 saturated carbocycles. The highest BCUT2D eigenvalue weighted by molar-refractivity contribution is 7.13. The van der Waals surface area contributed by atoms with E-state index in [0.29, 0.717) is 10.7 Å². The van der Waals surface area contributed by atoms with Gasteiger partial charge in [-0.15, -0.1) is 11.3 Å². The molecule has 0 atom stereocenters. The molecule has 0 aliphatic carbocycles. The van der Waals surface area contributed by atoms with Gasteiger partial charge in [0, 0.05) is 54.6 Å². The number of benzene rings is 2. The van der Waals surface area contributed by atoms with Crippen molar-refractivity contribution in [2.75, 3.05) is 24.6 Å². The summed E-state index contributed by atoms with van der Waals surface area (Å²) in [6, 6.07) is 11.8. The van der Waals surface area contributed by atoms with Gasteiger partial charge in [-0.2, -0.15) is 0 Å². The number of nitrogen functional groups attached to an aromatic ring is 1. The largest absolute Gasteiger partial charge is 0.398 e. The number of aromatic nitrogens is 1. The van der Waals surface area contributed by atoms with Crippen LogP contribution in [0.1, 0.15) is 31.5 Å². The first kappa shape index (κ1) is 19.3. The van der Waals surface area contributed by atoms with E-state index in [1.54, 1.807) is 13.3 Å². The lowest BCUT2D eigenvalue weighted by atomic mass is 9.97. The van der Waals surface area contributed by atoms with Gasteiger partial charge in [-0.05, 0) is 35.7 Å². The van der Waals surface area contributed by atoms with Gasteiger partial charge in [0.25, 0.3) is 5.91 Å². The number of hydrogen-bond donors (Lipinski definition) is 3. The third kappa shape index (κ3) is 3.92. The highest BCUT2D eigenvalue weighted by Crippen LogP contribution is 2.31. The molecule has 1 aromatic heterocycles. The Morgan fingerprint density at radius 2 is 2.21 bits per heavy atom. The molecule has 1 amide bonds. The molecule has 0 spiro atoms. The normalized spacial score (nSPS) is 13.4. The molecule has 1 aliphatic rings. The summed E-state index contributed by atoms with van der Waals surface area (Å²) in [6.07, 6.45) is 2.61. The summed E-state index contributed by atoms with van der Waals surface area (Å²) in [7, 11) is 1.72. The van der Waals surface area contributed by atoms with Crippen LogP contribution < -0.4 is 16.4 Å². The topological polar surface area (TPSA) is 92.4 Å². The number of nitrogens with one attached hydrogen (secondary N) is 2. The van der Waals surface area contributed by atoms with Crippen LogP contribution in [0.2, 0.25) is 0 Å². The highest BCUT2D eigenvalue weighted by Gasteiger charge is 2.19. The molecule has 2 heterocycles. The summed E-state index contributed by atoms with van der Waals surface area (Å²) < 4.78 is 0. The zero-order valence-electron chi connectivity index (χ0n) is 16.5. The van der Waals surface area contributed by atoms with Gasteiger partial charge in [-0.3, -0.25) is 9.79 Å². The van der Waals surface area contributed by atoms with E-state index in [1.807, 2.05) is 43.3 Å². The number of amides is 1. The molecule has 3 aromatic rings. The summed E-state index contributed by atoms with van der Waals surface area (Å²) in [4.78, 5) is 22.5. The number of carbonyl (C=O) groups is 1. The Morgan fingerprint density at radius 3 is 2.97 bits per heavy atom. The number of rotatable bonds is 4. The van der Waals surface area contributed by atoms with Crippen LogP contribution in [-0.2, 0) is 13.0 Å². The van der Waals surface area contributed by atoms with Gasteiger partial charge in [0.15, 0.2) is 5.01 Å². The van der Waals surface area contributed by atoms with Crippen LogP contribution in [0.15, 0.2) is 41.4 Å². The number of hydrogen-bond acceptors (Lipinski definition) is 6. The van der Waals surface area contributed by atoms with Gasteiger partial charge in [0.1, 0.15) is 0 Å². The molecule has 148 valence electrons. The Bertz CT molecular complexity index is 1080. The lowest BCUT2D eigenvalue weighted by Crippen LogP contribution is -2.22. The maximum absolute atomic E-state index is 12.8. The molecule has 0 saturated heterocycles. The number of anilines is 2. The number of carbonyl (C=O) groups excluding carboxylic acids is 1. The molecule has 0 bridgehead atoms. The first-order valence-electron chi connectivity index (χ1n) is 9.49. The number of fused-ring (bicyclic) bond motifs is 1. The molecule has 0 unspecified atom stereocenters. The smallest absolute Gasteiger partial charge is 0.284 e. The maximum atomic E-state index is 12.8. The number of nitrogens with zero attached hydrogens (tertiary/aromatic N) is 2. The SMILES string of the molecule is CN=Cc1ccc(-c2cccc(NC(=O)c3nc4c(s3)CNCC4)c2C)cc1N. The van der Waals surface area contributed by atoms with Crippen molar-refractivity contribution in [2.24, 2.45) is 4.99 Å². The quantitative estimate of drug-likeness (QED) is 0.456. The van der Waals surface area contributed by atoms with Crippen LogP contribution >= 0.6 is 11.3 Å². The van der Waals surface area contributed by atoms with E-state index in [9.17, 15) is 4.79 Å². The van der Waals surface area contributed by atoms with Crippen LogP contribution in [-0.4, -0.2) is 30.7 Å². The van der Waals surface area contributed by atoms with E-state index in [2.05, 4.69) is 20.6 Å². The summed E-state index contributed by atoms with van der Waals surface area (Å²) in [5.41, 5.74) is 12.5. The Hall–Kier alpha value is -3.03. The van der Waals surface area contributed by atoms with Gasteiger partial charge in [0.2, 0.25) is 0 Å². The average Bonchev–Trinajstić information content (AvgIpc) is 3.16. The van der Waals surface area contributed by atoms with Gasteiger partial charge in [-0.1, -0.05) is 24.3 Å². The minimum atomic E-state index is -0.168. The molecule has 0 fully saturated rings. The number of thiazole rings is 1. The van der Waals surface area contributed by atoms with E-state index in [1.165, 1.54) is 11.3 Å². The van der Waals surface area contributed by atoms with Crippen molar-refractivity contribution in [1.82, 2.24) is 10.3 Å². The summed E-state index contributed by atoms with van der Waals surface area (Å²) in [5.74, 6) is -0.168. The van der Waals surface area contributed by atoms with Crippen molar-refractivity contribution in [1.29, 1.82) is 0 Å². The lowest BCUT2D eigenvalue weighted by Gasteiger charge is -2.13. The summed E-state index contributed by atoms with van der Waals surface area (Å²) >= 11 is 1.46. The molecule has 4 N–H and O–H groups in total. The molecule has 4 rings (SSSR count). The zero-order valence-corrected chi connectivity index (χ0v) is 17.3. The van der Waals surface area contributed by atoms with Gasteiger partial charge < -0.3 is 16.4 Å². The third-order valence-electron chi connectivity index (χ3n) is 5.04. The Balaban J connectivity index is 1.60. The van der Waals surface area contributed by atoms with E-state index in [0.717, 1.165) is 58.0 Å². The molecule has 6 nitrogen and oxygen atoms in total. The van der Waals surface area contributed by atoms with Gasteiger partial charge in [0.05, 0.1) is 5.69 Å². The highest BCUT2D eigenvalue weighted by atomic mass is 32.1. The van der Waals surface area contributed by atoms with Crippen molar-refractivity contribution in [3.8, 4) is 11.1 Å². The van der Waals surface area contributed by atoms with Crippen LogP contribution in [0.5, 0.6) is 0 Å².